The lowest BCUT2D eigenvalue weighted by Gasteiger charge is -2.24. The van der Waals surface area contributed by atoms with E-state index in [0.717, 1.165) is 36.1 Å². The van der Waals surface area contributed by atoms with Crippen LogP contribution in [0.4, 0.5) is 0 Å². The SMILES string of the molecule is CCCC[C@@H](O)CC1=[N+]([O-])CC[C@@H](COC(C)=O)C1. The number of esters is 1. The van der Waals surface area contributed by atoms with E-state index in [-0.39, 0.29) is 11.9 Å². The molecule has 1 aliphatic heterocycles. The van der Waals surface area contributed by atoms with E-state index in [0.29, 0.717) is 26.0 Å². The van der Waals surface area contributed by atoms with Crippen molar-refractivity contribution in [2.75, 3.05) is 13.2 Å². The maximum absolute atomic E-state index is 11.7. The molecule has 110 valence electrons. The molecule has 0 fully saturated rings. The summed E-state index contributed by atoms with van der Waals surface area (Å²) < 4.78 is 6.00. The Morgan fingerprint density at radius 2 is 2.37 bits per heavy atom. The van der Waals surface area contributed by atoms with Crippen molar-refractivity contribution in [2.45, 2.75) is 58.5 Å². The second-order valence-electron chi connectivity index (χ2n) is 5.33. The van der Waals surface area contributed by atoms with Gasteiger partial charge >= 0.3 is 5.97 Å². The predicted octanol–water partition coefficient (Wildman–Crippen LogP) is 1.85. The zero-order chi connectivity index (χ0) is 14.3. The summed E-state index contributed by atoms with van der Waals surface area (Å²) in [5, 5.41) is 21.6. The number of nitrogens with zero attached hydrogens (tertiary/aromatic N) is 1. The number of hydrogen-bond acceptors (Lipinski definition) is 4. The Morgan fingerprint density at radius 1 is 1.63 bits per heavy atom. The largest absolute Gasteiger partial charge is 0.624 e. The van der Waals surface area contributed by atoms with E-state index in [9.17, 15) is 15.1 Å². The topological polar surface area (TPSA) is 72.6 Å². The van der Waals surface area contributed by atoms with Gasteiger partial charge in [-0.25, -0.2) is 4.74 Å². The van der Waals surface area contributed by atoms with E-state index in [4.69, 9.17) is 4.74 Å². The van der Waals surface area contributed by atoms with Crippen molar-refractivity contribution in [1.82, 2.24) is 0 Å². The fraction of sp³-hybridized carbons (Fsp3) is 0.857. The number of rotatable bonds is 7. The molecular formula is C14H25NO4. The van der Waals surface area contributed by atoms with Crippen molar-refractivity contribution >= 4 is 11.7 Å². The lowest BCUT2D eigenvalue weighted by molar-refractivity contribution is -0.468. The monoisotopic (exact) mass is 271 g/mol. The molecule has 1 N–H and O–H groups in total. The number of carbonyl (C=O) groups excluding carboxylic acids is 1. The number of aliphatic hydroxyl groups is 1. The molecule has 0 unspecified atom stereocenters. The van der Waals surface area contributed by atoms with E-state index < -0.39 is 6.10 Å². The number of hydroxylamine groups is 1. The highest BCUT2D eigenvalue weighted by atomic mass is 16.5. The quantitative estimate of drug-likeness (QED) is 0.436. The molecule has 0 aromatic rings. The summed E-state index contributed by atoms with van der Waals surface area (Å²) in [6.45, 7) is 4.27. The third-order valence-electron chi connectivity index (χ3n) is 3.50. The highest BCUT2D eigenvalue weighted by molar-refractivity contribution is 5.81. The van der Waals surface area contributed by atoms with Gasteiger partial charge in [-0.15, -0.1) is 0 Å². The summed E-state index contributed by atoms with van der Waals surface area (Å²) in [5.74, 6) is -0.0726. The van der Waals surface area contributed by atoms with Crippen molar-refractivity contribution in [3.8, 4) is 0 Å². The Balaban J connectivity index is 2.44. The maximum atomic E-state index is 11.7. The highest BCUT2D eigenvalue weighted by Gasteiger charge is 2.26. The minimum absolute atomic E-state index is 0.211. The molecule has 1 aliphatic rings. The average Bonchev–Trinajstić information content (AvgIpc) is 2.37. The predicted molar refractivity (Wildman–Crippen MR) is 73.0 cm³/mol. The van der Waals surface area contributed by atoms with Gasteiger partial charge in [0.2, 0.25) is 0 Å². The van der Waals surface area contributed by atoms with Crippen LogP contribution in [0.1, 0.15) is 52.4 Å². The molecule has 0 saturated heterocycles. The molecule has 0 aliphatic carbocycles. The summed E-state index contributed by atoms with van der Waals surface area (Å²) in [6.07, 6.45) is 4.14. The van der Waals surface area contributed by atoms with Crippen LogP contribution in [0.3, 0.4) is 0 Å². The zero-order valence-corrected chi connectivity index (χ0v) is 11.9. The molecule has 5 nitrogen and oxygen atoms in total. The van der Waals surface area contributed by atoms with Gasteiger partial charge in [-0.1, -0.05) is 19.8 Å². The van der Waals surface area contributed by atoms with Gasteiger partial charge in [-0.2, -0.15) is 0 Å². The second kappa shape index (κ2) is 8.15. The molecule has 0 radical (unpaired) electrons. The highest BCUT2D eigenvalue weighted by Crippen LogP contribution is 2.19. The van der Waals surface area contributed by atoms with Crippen LogP contribution < -0.4 is 0 Å². The van der Waals surface area contributed by atoms with Gasteiger partial charge < -0.3 is 15.1 Å². The van der Waals surface area contributed by atoms with Gasteiger partial charge in [0.1, 0.15) is 0 Å². The number of unbranched alkanes of at least 4 members (excludes halogenated alkanes) is 1. The van der Waals surface area contributed by atoms with Crippen molar-refractivity contribution in [3.05, 3.63) is 5.21 Å². The van der Waals surface area contributed by atoms with Crippen molar-refractivity contribution in [2.24, 2.45) is 5.92 Å². The maximum Gasteiger partial charge on any atom is 0.302 e. The van der Waals surface area contributed by atoms with Gasteiger partial charge in [0.05, 0.1) is 19.1 Å². The summed E-state index contributed by atoms with van der Waals surface area (Å²) in [7, 11) is 0. The smallest absolute Gasteiger partial charge is 0.302 e. The molecule has 0 amide bonds. The molecule has 0 spiro atoms. The third kappa shape index (κ3) is 6.05. The fourth-order valence-corrected chi connectivity index (χ4v) is 2.37. The van der Waals surface area contributed by atoms with Crippen LogP contribution >= 0.6 is 0 Å². The van der Waals surface area contributed by atoms with Crippen LogP contribution in [0.25, 0.3) is 0 Å². The van der Waals surface area contributed by atoms with Gasteiger partial charge in [0.15, 0.2) is 12.3 Å². The molecule has 0 saturated carbocycles. The molecule has 2 atom stereocenters. The first-order valence-corrected chi connectivity index (χ1v) is 7.13. The molecule has 19 heavy (non-hydrogen) atoms. The fourth-order valence-electron chi connectivity index (χ4n) is 2.37. The number of hydrogen-bond donors (Lipinski definition) is 1. The summed E-state index contributed by atoms with van der Waals surface area (Å²) in [6, 6.07) is 0. The summed E-state index contributed by atoms with van der Waals surface area (Å²) in [5.41, 5.74) is 0.743. The number of ether oxygens (including phenoxy) is 1. The van der Waals surface area contributed by atoms with Crippen molar-refractivity contribution < 1.29 is 19.4 Å². The van der Waals surface area contributed by atoms with E-state index >= 15 is 0 Å². The van der Waals surface area contributed by atoms with E-state index in [1.807, 2.05) is 0 Å². The normalized spacial score (nSPS) is 21.3. The van der Waals surface area contributed by atoms with Crippen molar-refractivity contribution in [3.63, 3.8) is 0 Å². The van der Waals surface area contributed by atoms with E-state index in [1.165, 1.54) is 6.92 Å². The Morgan fingerprint density at radius 3 is 3.00 bits per heavy atom. The van der Waals surface area contributed by atoms with Crippen LogP contribution in [-0.4, -0.2) is 40.8 Å². The number of carbonyl (C=O) groups is 1. The van der Waals surface area contributed by atoms with E-state index in [1.54, 1.807) is 0 Å². The molecule has 5 heteroatoms. The van der Waals surface area contributed by atoms with Crippen LogP contribution in [0.15, 0.2) is 0 Å². The third-order valence-corrected chi connectivity index (χ3v) is 3.50. The van der Waals surface area contributed by atoms with E-state index in [2.05, 4.69) is 6.92 Å². The van der Waals surface area contributed by atoms with Crippen LogP contribution in [0.5, 0.6) is 0 Å². The average molecular weight is 271 g/mol. The summed E-state index contributed by atoms with van der Waals surface area (Å²) in [4.78, 5) is 10.8. The first kappa shape index (κ1) is 16.0. The Labute approximate surface area is 114 Å². The molecule has 0 aromatic heterocycles. The van der Waals surface area contributed by atoms with Crippen LogP contribution in [-0.2, 0) is 9.53 Å². The zero-order valence-electron chi connectivity index (χ0n) is 11.9. The Hall–Kier alpha value is -1.10. The lowest BCUT2D eigenvalue weighted by atomic mass is 9.92. The molecule has 1 heterocycles. The Kier molecular flexibility index (Phi) is 6.84. The molecular weight excluding hydrogens is 246 g/mol. The van der Waals surface area contributed by atoms with Crippen LogP contribution in [0, 0.1) is 11.1 Å². The lowest BCUT2D eigenvalue weighted by Crippen LogP contribution is -2.32. The van der Waals surface area contributed by atoms with Crippen molar-refractivity contribution in [1.29, 1.82) is 0 Å². The molecule has 1 rings (SSSR count). The standard InChI is InChI=1S/C14H25NO4/c1-3-4-5-14(17)9-13-8-12(6-7-15(13)18)10-19-11(2)16/h12,14,17H,3-10H2,1-2H3/t12-,14-/m1/s1. The minimum Gasteiger partial charge on any atom is -0.624 e. The van der Waals surface area contributed by atoms with Gasteiger partial charge in [-0.05, 0) is 6.42 Å². The Bertz CT molecular complexity index is 327. The second-order valence-corrected chi connectivity index (χ2v) is 5.33. The van der Waals surface area contributed by atoms with Crippen LogP contribution in [0.2, 0.25) is 0 Å². The van der Waals surface area contributed by atoms with Gasteiger partial charge in [0.25, 0.3) is 0 Å². The molecule has 0 aromatic carbocycles. The first-order chi connectivity index (χ1) is 9.02. The molecule has 0 bridgehead atoms. The minimum atomic E-state index is -0.432. The van der Waals surface area contributed by atoms with Gasteiger partial charge in [0, 0.05) is 25.7 Å². The first-order valence-electron chi connectivity index (χ1n) is 7.13. The van der Waals surface area contributed by atoms with Gasteiger partial charge in [-0.3, -0.25) is 4.79 Å². The number of aliphatic hydroxyl groups excluding tert-OH is 1. The summed E-state index contributed by atoms with van der Waals surface area (Å²) >= 11 is 0.